The zero-order valence-electron chi connectivity index (χ0n) is 11.9. The molecule has 110 valence electrons. The van der Waals surface area contributed by atoms with Crippen LogP contribution in [-0.4, -0.2) is 66.8 Å². The van der Waals surface area contributed by atoms with Gasteiger partial charge in [-0.05, 0) is 19.1 Å². The molecule has 1 amide bonds. The molecule has 1 saturated heterocycles. The van der Waals surface area contributed by atoms with Crippen LogP contribution in [0.4, 0.5) is 5.82 Å². The molecular formula is C13H22N6O. The number of nitrogens with two attached hydrogens (primary N) is 1. The molecule has 1 aliphatic heterocycles. The third-order valence-electron chi connectivity index (χ3n) is 3.36. The average molecular weight is 278 g/mol. The standard InChI is InChI=1S/C13H22N6O/c1-2-15-13(20)11-3-4-12(17-16-11)19-9-7-18(6-5-14)8-10-19/h3-4H,2,5-10,14H2,1H3,(H,15,20). The molecule has 0 spiro atoms. The van der Waals surface area contributed by atoms with E-state index in [2.05, 4.69) is 25.3 Å². The molecule has 7 heteroatoms. The lowest BCUT2D eigenvalue weighted by Gasteiger charge is -2.34. The Morgan fingerprint density at radius 3 is 2.60 bits per heavy atom. The van der Waals surface area contributed by atoms with E-state index < -0.39 is 0 Å². The van der Waals surface area contributed by atoms with Gasteiger partial charge in [-0.15, -0.1) is 10.2 Å². The predicted molar refractivity (Wildman–Crippen MR) is 77.7 cm³/mol. The van der Waals surface area contributed by atoms with Crippen molar-refractivity contribution in [2.45, 2.75) is 6.92 Å². The molecule has 1 aromatic heterocycles. The number of hydrogen-bond donors (Lipinski definition) is 2. The Labute approximate surface area is 119 Å². The van der Waals surface area contributed by atoms with Gasteiger partial charge in [-0.2, -0.15) is 0 Å². The summed E-state index contributed by atoms with van der Waals surface area (Å²) >= 11 is 0. The number of hydrogen-bond acceptors (Lipinski definition) is 6. The summed E-state index contributed by atoms with van der Waals surface area (Å²) < 4.78 is 0. The largest absolute Gasteiger partial charge is 0.353 e. The number of nitrogens with one attached hydrogen (secondary N) is 1. The smallest absolute Gasteiger partial charge is 0.271 e. The van der Waals surface area contributed by atoms with Crippen LogP contribution in [0, 0.1) is 0 Å². The first-order valence-corrected chi connectivity index (χ1v) is 7.04. The lowest BCUT2D eigenvalue weighted by atomic mass is 10.3. The molecule has 0 bridgehead atoms. The second kappa shape index (κ2) is 7.16. The maximum absolute atomic E-state index is 11.6. The quantitative estimate of drug-likeness (QED) is 0.741. The number of carbonyl (C=O) groups excluding carboxylic acids is 1. The highest BCUT2D eigenvalue weighted by Gasteiger charge is 2.18. The molecule has 0 radical (unpaired) electrons. The number of nitrogens with zero attached hydrogens (tertiary/aromatic N) is 4. The van der Waals surface area contributed by atoms with Crippen molar-refractivity contribution in [1.29, 1.82) is 0 Å². The molecule has 0 aliphatic carbocycles. The van der Waals surface area contributed by atoms with Crippen molar-refractivity contribution in [2.24, 2.45) is 5.73 Å². The second-order valence-corrected chi connectivity index (χ2v) is 4.75. The van der Waals surface area contributed by atoms with E-state index in [0.717, 1.165) is 38.5 Å². The van der Waals surface area contributed by atoms with Gasteiger partial charge in [-0.25, -0.2) is 0 Å². The van der Waals surface area contributed by atoms with Gasteiger partial charge in [0.25, 0.3) is 5.91 Å². The molecule has 20 heavy (non-hydrogen) atoms. The minimum absolute atomic E-state index is 0.181. The number of anilines is 1. The fourth-order valence-corrected chi connectivity index (χ4v) is 2.25. The van der Waals surface area contributed by atoms with Gasteiger partial charge in [0.05, 0.1) is 0 Å². The molecule has 1 aromatic rings. The fourth-order valence-electron chi connectivity index (χ4n) is 2.25. The summed E-state index contributed by atoms with van der Waals surface area (Å²) in [6, 6.07) is 3.58. The van der Waals surface area contributed by atoms with E-state index in [1.807, 2.05) is 13.0 Å². The van der Waals surface area contributed by atoms with E-state index in [-0.39, 0.29) is 5.91 Å². The van der Waals surface area contributed by atoms with Crippen molar-refractivity contribution in [1.82, 2.24) is 20.4 Å². The first-order valence-electron chi connectivity index (χ1n) is 7.04. The normalized spacial score (nSPS) is 16.2. The Morgan fingerprint density at radius 1 is 1.30 bits per heavy atom. The molecule has 0 saturated carbocycles. The van der Waals surface area contributed by atoms with Crippen LogP contribution < -0.4 is 16.0 Å². The summed E-state index contributed by atoms with van der Waals surface area (Å²) in [7, 11) is 0. The van der Waals surface area contributed by atoms with E-state index >= 15 is 0 Å². The Morgan fingerprint density at radius 2 is 2.05 bits per heavy atom. The summed E-state index contributed by atoms with van der Waals surface area (Å²) in [6.45, 7) is 7.89. The first-order chi connectivity index (χ1) is 9.74. The van der Waals surface area contributed by atoms with Crippen molar-refractivity contribution < 1.29 is 4.79 Å². The highest BCUT2D eigenvalue weighted by molar-refractivity contribution is 5.92. The highest BCUT2D eigenvalue weighted by Crippen LogP contribution is 2.12. The third-order valence-corrected chi connectivity index (χ3v) is 3.36. The van der Waals surface area contributed by atoms with Crippen LogP contribution in [0.5, 0.6) is 0 Å². The molecule has 1 aliphatic rings. The summed E-state index contributed by atoms with van der Waals surface area (Å²) in [5.74, 6) is 0.643. The molecule has 3 N–H and O–H groups in total. The molecule has 2 heterocycles. The van der Waals surface area contributed by atoms with Crippen molar-refractivity contribution in [3.05, 3.63) is 17.8 Å². The van der Waals surface area contributed by atoms with E-state index in [9.17, 15) is 4.79 Å². The van der Waals surface area contributed by atoms with Crippen LogP contribution >= 0.6 is 0 Å². The van der Waals surface area contributed by atoms with Crippen LogP contribution in [0.1, 0.15) is 17.4 Å². The third kappa shape index (κ3) is 3.64. The van der Waals surface area contributed by atoms with E-state index in [1.54, 1.807) is 6.07 Å². The number of piperazine rings is 1. The van der Waals surface area contributed by atoms with Crippen LogP contribution in [0.25, 0.3) is 0 Å². The van der Waals surface area contributed by atoms with Gasteiger partial charge in [-0.3, -0.25) is 9.69 Å². The van der Waals surface area contributed by atoms with E-state index in [0.29, 0.717) is 18.8 Å². The van der Waals surface area contributed by atoms with Gasteiger partial charge >= 0.3 is 0 Å². The molecule has 0 unspecified atom stereocenters. The number of carbonyl (C=O) groups is 1. The average Bonchev–Trinajstić information content (AvgIpc) is 2.49. The number of rotatable bonds is 5. The van der Waals surface area contributed by atoms with Gasteiger partial charge < -0.3 is 16.0 Å². The zero-order chi connectivity index (χ0) is 14.4. The maximum Gasteiger partial charge on any atom is 0.271 e. The van der Waals surface area contributed by atoms with Crippen molar-refractivity contribution in [2.75, 3.05) is 50.7 Å². The monoisotopic (exact) mass is 278 g/mol. The summed E-state index contributed by atoms with van der Waals surface area (Å²) in [4.78, 5) is 16.1. The van der Waals surface area contributed by atoms with Gasteiger partial charge in [0.2, 0.25) is 0 Å². The first kappa shape index (κ1) is 14.7. The van der Waals surface area contributed by atoms with Gasteiger partial charge in [0, 0.05) is 45.8 Å². The van der Waals surface area contributed by atoms with E-state index in [1.165, 1.54) is 0 Å². The molecular weight excluding hydrogens is 256 g/mol. The zero-order valence-corrected chi connectivity index (χ0v) is 11.9. The lowest BCUT2D eigenvalue weighted by Crippen LogP contribution is -2.48. The Hall–Kier alpha value is -1.73. The molecule has 2 rings (SSSR count). The van der Waals surface area contributed by atoms with E-state index in [4.69, 9.17) is 5.73 Å². The topological polar surface area (TPSA) is 87.4 Å². The predicted octanol–water partition coefficient (Wildman–Crippen LogP) is -0.693. The van der Waals surface area contributed by atoms with Gasteiger partial charge in [0.1, 0.15) is 0 Å². The minimum atomic E-state index is -0.181. The van der Waals surface area contributed by atoms with Crippen molar-refractivity contribution in [3.63, 3.8) is 0 Å². The molecule has 0 aromatic carbocycles. The highest BCUT2D eigenvalue weighted by atomic mass is 16.1. The van der Waals surface area contributed by atoms with Gasteiger partial charge in [-0.1, -0.05) is 0 Å². The van der Waals surface area contributed by atoms with Gasteiger partial charge in [0.15, 0.2) is 11.5 Å². The minimum Gasteiger partial charge on any atom is -0.353 e. The molecule has 0 atom stereocenters. The summed E-state index contributed by atoms with van der Waals surface area (Å²) in [5, 5.41) is 10.8. The summed E-state index contributed by atoms with van der Waals surface area (Å²) in [5.41, 5.74) is 5.92. The van der Waals surface area contributed by atoms with Crippen LogP contribution in [-0.2, 0) is 0 Å². The van der Waals surface area contributed by atoms with Crippen molar-refractivity contribution in [3.8, 4) is 0 Å². The molecule has 7 nitrogen and oxygen atoms in total. The number of aromatic nitrogens is 2. The summed E-state index contributed by atoms with van der Waals surface area (Å²) in [6.07, 6.45) is 0. The fraction of sp³-hybridized carbons (Fsp3) is 0.615. The second-order valence-electron chi connectivity index (χ2n) is 4.75. The Kier molecular flexibility index (Phi) is 5.25. The lowest BCUT2D eigenvalue weighted by molar-refractivity contribution is 0.0950. The Bertz CT molecular complexity index is 427. The van der Waals surface area contributed by atoms with Crippen molar-refractivity contribution >= 4 is 11.7 Å². The number of amides is 1. The molecule has 1 fully saturated rings. The van der Waals surface area contributed by atoms with Crippen LogP contribution in [0.2, 0.25) is 0 Å². The SMILES string of the molecule is CCNC(=O)c1ccc(N2CCN(CCN)CC2)nn1. The Balaban J connectivity index is 1.92. The van der Waals surface area contributed by atoms with Crippen LogP contribution in [0.15, 0.2) is 12.1 Å². The maximum atomic E-state index is 11.6. The van der Waals surface area contributed by atoms with Crippen LogP contribution in [0.3, 0.4) is 0 Å².